The van der Waals surface area contributed by atoms with E-state index in [-0.39, 0.29) is 18.0 Å². The lowest BCUT2D eigenvalue weighted by molar-refractivity contribution is 0.0799. The van der Waals surface area contributed by atoms with Gasteiger partial charge in [-0.1, -0.05) is 6.07 Å². The molecule has 0 unspecified atom stereocenters. The van der Waals surface area contributed by atoms with Crippen molar-refractivity contribution in [2.45, 2.75) is 19.0 Å². The number of nitrogens with zero attached hydrogens (tertiary/aromatic N) is 3. The summed E-state index contributed by atoms with van der Waals surface area (Å²) in [5, 5.41) is 5.36. The Morgan fingerprint density at radius 1 is 1.11 bits per heavy atom. The highest BCUT2D eigenvalue weighted by Gasteiger charge is 2.30. The molecule has 0 saturated carbocycles. The van der Waals surface area contributed by atoms with Crippen molar-refractivity contribution < 1.29 is 4.79 Å². The minimum Gasteiger partial charge on any atom is -0.378 e. The highest BCUT2D eigenvalue weighted by Crippen LogP contribution is 2.29. The molecule has 1 amide bonds. The fourth-order valence-electron chi connectivity index (χ4n) is 3.58. The van der Waals surface area contributed by atoms with Gasteiger partial charge in [-0.25, -0.2) is 0 Å². The summed E-state index contributed by atoms with van der Waals surface area (Å²) < 4.78 is 0. The quantitative estimate of drug-likeness (QED) is 0.829. The van der Waals surface area contributed by atoms with Crippen LogP contribution in [-0.4, -0.2) is 69.1 Å². The highest BCUT2D eigenvalue weighted by atomic mass is 32.1. The molecule has 1 aromatic carbocycles. The summed E-state index contributed by atoms with van der Waals surface area (Å²) in [4.78, 5) is 21.0. The molecule has 6 heteroatoms. The summed E-state index contributed by atoms with van der Waals surface area (Å²) in [7, 11) is 6.16. The van der Waals surface area contributed by atoms with Crippen molar-refractivity contribution in [3.63, 3.8) is 0 Å². The van der Waals surface area contributed by atoms with Crippen LogP contribution in [0.2, 0.25) is 0 Å². The predicted molar refractivity (Wildman–Crippen MR) is 114 cm³/mol. The molecular formula is C21H30N4OS. The molecule has 0 radical (unpaired) electrons. The van der Waals surface area contributed by atoms with Gasteiger partial charge in [-0.15, -0.1) is 11.3 Å². The predicted octanol–water partition coefficient (Wildman–Crippen LogP) is 2.92. The van der Waals surface area contributed by atoms with E-state index in [1.54, 1.807) is 11.3 Å². The maximum atomic E-state index is 12.8. The molecule has 0 aliphatic carbocycles. The Labute approximate surface area is 166 Å². The maximum absolute atomic E-state index is 12.8. The minimum atomic E-state index is -0.0107. The zero-order valence-corrected chi connectivity index (χ0v) is 17.5. The highest BCUT2D eigenvalue weighted by molar-refractivity contribution is 7.10. The number of thiophene rings is 1. The van der Waals surface area contributed by atoms with Crippen LogP contribution < -0.4 is 10.2 Å². The van der Waals surface area contributed by atoms with E-state index < -0.39 is 0 Å². The van der Waals surface area contributed by atoms with E-state index in [1.165, 1.54) is 4.88 Å². The third kappa shape index (κ3) is 4.89. The number of carbonyl (C=O) groups excluding carboxylic acids is 1. The second kappa shape index (κ2) is 8.87. The number of likely N-dealkylation sites (N-methyl/N-ethyl adjacent to an activating group) is 1. The Balaban J connectivity index is 1.72. The van der Waals surface area contributed by atoms with Gasteiger partial charge in [0.25, 0.3) is 5.91 Å². The number of rotatable bonds is 6. The van der Waals surface area contributed by atoms with Crippen LogP contribution in [0, 0.1) is 0 Å². The first kappa shape index (κ1) is 19.9. The summed E-state index contributed by atoms with van der Waals surface area (Å²) in [6, 6.07) is 12.3. The van der Waals surface area contributed by atoms with E-state index >= 15 is 0 Å². The SMILES string of the molecule is C[C@H](NC(=O)c1ccc(N(C)C)cc1)[C@@H](c1cccs1)N1CCN(C)CC1. The van der Waals surface area contributed by atoms with Gasteiger partial charge in [-0.3, -0.25) is 9.69 Å². The molecule has 2 aromatic rings. The van der Waals surface area contributed by atoms with Crippen LogP contribution >= 0.6 is 11.3 Å². The molecule has 1 aliphatic heterocycles. The van der Waals surface area contributed by atoms with Gasteiger partial charge in [-0.05, 0) is 49.7 Å². The standard InChI is InChI=1S/C21H30N4OS/c1-16(22-21(26)17-7-9-18(10-8-17)23(2)3)20(19-6-5-15-27-19)25-13-11-24(4)12-14-25/h5-10,15-16,20H,11-14H2,1-4H3,(H,22,26)/t16-,20-/m0/s1. The smallest absolute Gasteiger partial charge is 0.251 e. The number of piperazine rings is 1. The van der Waals surface area contributed by atoms with Crippen molar-refractivity contribution >= 4 is 22.9 Å². The van der Waals surface area contributed by atoms with Crippen LogP contribution in [0.5, 0.6) is 0 Å². The molecule has 0 spiro atoms. The number of benzene rings is 1. The van der Waals surface area contributed by atoms with Crippen LogP contribution in [0.15, 0.2) is 41.8 Å². The lowest BCUT2D eigenvalue weighted by Crippen LogP contribution is -2.51. The monoisotopic (exact) mass is 386 g/mol. The van der Waals surface area contributed by atoms with E-state index in [9.17, 15) is 4.79 Å². The molecule has 3 rings (SSSR count). The normalized spacial score (nSPS) is 18.1. The average Bonchev–Trinajstić information content (AvgIpc) is 3.17. The van der Waals surface area contributed by atoms with E-state index in [4.69, 9.17) is 0 Å². The molecule has 1 aliphatic rings. The fourth-order valence-corrected chi connectivity index (χ4v) is 4.55. The molecule has 27 heavy (non-hydrogen) atoms. The topological polar surface area (TPSA) is 38.8 Å². The first-order valence-corrected chi connectivity index (χ1v) is 10.4. The Morgan fingerprint density at radius 3 is 2.33 bits per heavy atom. The van der Waals surface area contributed by atoms with Crippen LogP contribution in [-0.2, 0) is 0 Å². The molecule has 1 N–H and O–H groups in total. The summed E-state index contributed by atoms with van der Waals surface area (Å²) in [5.41, 5.74) is 1.80. The van der Waals surface area contributed by atoms with Gasteiger partial charge in [0, 0.05) is 62.4 Å². The average molecular weight is 387 g/mol. The number of carbonyl (C=O) groups is 1. The number of anilines is 1. The van der Waals surface area contributed by atoms with Crippen molar-refractivity contribution in [2.75, 3.05) is 52.2 Å². The van der Waals surface area contributed by atoms with Crippen LogP contribution in [0.3, 0.4) is 0 Å². The number of amides is 1. The summed E-state index contributed by atoms with van der Waals surface area (Å²) in [6.45, 7) is 6.30. The van der Waals surface area contributed by atoms with Gasteiger partial charge < -0.3 is 15.1 Å². The summed E-state index contributed by atoms with van der Waals surface area (Å²) in [6.07, 6.45) is 0. The molecule has 146 valence electrons. The van der Waals surface area contributed by atoms with Crippen LogP contribution in [0.1, 0.15) is 28.2 Å². The van der Waals surface area contributed by atoms with E-state index in [0.29, 0.717) is 5.56 Å². The van der Waals surface area contributed by atoms with Crippen molar-refractivity contribution in [1.82, 2.24) is 15.1 Å². The molecule has 2 heterocycles. The largest absolute Gasteiger partial charge is 0.378 e. The zero-order chi connectivity index (χ0) is 19.4. The fraction of sp³-hybridized carbons (Fsp3) is 0.476. The molecule has 2 atom stereocenters. The Hall–Kier alpha value is -1.89. The summed E-state index contributed by atoms with van der Waals surface area (Å²) in [5.74, 6) is -0.0107. The lowest BCUT2D eigenvalue weighted by atomic mass is 10.0. The number of hydrogen-bond acceptors (Lipinski definition) is 5. The second-order valence-corrected chi connectivity index (χ2v) is 8.48. The lowest BCUT2D eigenvalue weighted by Gasteiger charge is -2.40. The Kier molecular flexibility index (Phi) is 6.52. The van der Waals surface area contributed by atoms with Gasteiger partial charge in [-0.2, -0.15) is 0 Å². The van der Waals surface area contributed by atoms with Crippen molar-refractivity contribution in [2.24, 2.45) is 0 Å². The van der Waals surface area contributed by atoms with Crippen molar-refractivity contribution in [3.8, 4) is 0 Å². The number of nitrogens with one attached hydrogen (secondary N) is 1. The maximum Gasteiger partial charge on any atom is 0.251 e. The molecule has 1 aromatic heterocycles. The molecule has 1 saturated heterocycles. The Morgan fingerprint density at radius 2 is 1.78 bits per heavy atom. The van der Waals surface area contributed by atoms with Crippen LogP contribution in [0.4, 0.5) is 5.69 Å². The van der Waals surface area contributed by atoms with Crippen molar-refractivity contribution in [3.05, 3.63) is 52.2 Å². The minimum absolute atomic E-state index is 0.0107. The third-order valence-electron chi connectivity index (χ3n) is 5.24. The third-order valence-corrected chi connectivity index (χ3v) is 6.19. The molecule has 1 fully saturated rings. The van der Waals surface area contributed by atoms with Gasteiger partial charge >= 0.3 is 0 Å². The van der Waals surface area contributed by atoms with Gasteiger partial charge in [0.15, 0.2) is 0 Å². The molecular weight excluding hydrogens is 356 g/mol. The van der Waals surface area contributed by atoms with Gasteiger partial charge in [0.05, 0.1) is 6.04 Å². The van der Waals surface area contributed by atoms with E-state index in [0.717, 1.165) is 31.9 Å². The van der Waals surface area contributed by atoms with Crippen molar-refractivity contribution in [1.29, 1.82) is 0 Å². The van der Waals surface area contributed by atoms with Crippen LogP contribution in [0.25, 0.3) is 0 Å². The second-order valence-electron chi connectivity index (χ2n) is 7.50. The first-order chi connectivity index (χ1) is 13.0. The molecule has 0 bridgehead atoms. The summed E-state index contributed by atoms with van der Waals surface area (Å²) >= 11 is 1.77. The Bertz CT molecular complexity index is 721. The number of hydrogen-bond donors (Lipinski definition) is 1. The van der Waals surface area contributed by atoms with Gasteiger partial charge in [0.1, 0.15) is 0 Å². The molecule has 5 nitrogen and oxygen atoms in total. The van der Waals surface area contributed by atoms with E-state index in [2.05, 4.69) is 46.6 Å². The zero-order valence-electron chi connectivity index (χ0n) is 16.7. The van der Waals surface area contributed by atoms with Gasteiger partial charge in [0.2, 0.25) is 0 Å². The first-order valence-electron chi connectivity index (χ1n) is 9.50. The van der Waals surface area contributed by atoms with E-state index in [1.807, 2.05) is 43.3 Å².